The number of rotatable bonds is 5. The quantitative estimate of drug-likeness (QED) is 0.639. The van der Waals surface area contributed by atoms with Crippen molar-refractivity contribution in [2.24, 2.45) is 0 Å². The minimum atomic E-state index is 0.156. The van der Waals surface area contributed by atoms with Crippen LogP contribution in [0.25, 0.3) is 0 Å². The van der Waals surface area contributed by atoms with E-state index in [1.807, 2.05) is 6.92 Å². The third-order valence-electron chi connectivity index (χ3n) is 1.54. The summed E-state index contributed by atoms with van der Waals surface area (Å²) < 4.78 is 0. The monoisotopic (exact) mass is 159 g/mol. The molecule has 66 valence electrons. The Kier molecular flexibility index (Phi) is 5.84. The number of amides is 1. The number of aliphatic hydroxyl groups is 1. The van der Waals surface area contributed by atoms with Gasteiger partial charge in [0.25, 0.3) is 0 Å². The molecular weight excluding hydrogens is 142 g/mol. The van der Waals surface area contributed by atoms with E-state index in [-0.39, 0.29) is 12.5 Å². The number of aliphatic hydroxyl groups excluding tert-OH is 1. The van der Waals surface area contributed by atoms with E-state index in [0.717, 1.165) is 6.42 Å². The van der Waals surface area contributed by atoms with E-state index < -0.39 is 0 Å². The smallest absolute Gasteiger partial charge is 0.222 e. The summed E-state index contributed by atoms with van der Waals surface area (Å²) in [5, 5.41) is 8.49. The van der Waals surface area contributed by atoms with Crippen LogP contribution in [0.5, 0.6) is 0 Å². The van der Waals surface area contributed by atoms with Gasteiger partial charge >= 0.3 is 0 Å². The molecule has 0 saturated carbocycles. The highest BCUT2D eigenvalue weighted by Gasteiger charge is 2.05. The molecule has 0 spiro atoms. The molecule has 0 unspecified atom stereocenters. The molecule has 0 aromatic carbocycles. The molecule has 0 aliphatic rings. The van der Waals surface area contributed by atoms with Crippen LogP contribution in [0.15, 0.2) is 0 Å². The van der Waals surface area contributed by atoms with E-state index in [0.29, 0.717) is 19.4 Å². The molecule has 0 saturated heterocycles. The van der Waals surface area contributed by atoms with E-state index in [1.54, 1.807) is 11.9 Å². The van der Waals surface area contributed by atoms with Gasteiger partial charge in [-0.2, -0.15) is 0 Å². The predicted octanol–water partition coefficient (Wildman–Crippen LogP) is 0.627. The summed E-state index contributed by atoms with van der Waals surface area (Å²) >= 11 is 0. The van der Waals surface area contributed by atoms with E-state index >= 15 is 0 Å². The van der Waals surface area contributed by atoms with Crippen molar-refractivity contribution in [1.82, 2.24) is 4.90 Å². The summed E-state index contributed by atoms with van der Waals surface area (Å²) in [6.07, 6.45) is 2.18. The van der Waals surface area contributed by atoms with Crippen molar-refractivity contribution in [3.05, 3.63) is 0 Å². The summed E-state index contributed by atoms with van der Waals surface area (Å²) in [6.45, 7) is 2.80. The van der Waals surface area contributed by atoms with Crippen LogP contribution >= 0.6 is 0 Å². The van der Waals surface area contributed by atoms with Crippen LogP contribution in [0, 0.1) is 0 Å². The summed E-state index contributed by atoms with van der Waals surface area (Å²) in [5.74, 6) is 0.168. The van der Waals surface area contributed by atoms with Gasteiger partial charge in [0, 0.05) is 26.6 Å². The Balaban J connectivity index is 3.46. The second-order valence-corrected chi connectivity index (χ2v) is 2.64. The molecule has 0 rings (SSSR count). The molecule has 0 heterocycles. The van der Waals surface area contributed by atoms with Gasteiger partial charge in [0.15, 0.2) is 0 Å². The Morgan fingerprint density at radius 2 is 2.18 bits per heavy atom. The summed E-state index contributed by atoms with van der Waals surface area (Å²) in [7, 11) is 1.77. The van der Waals surface area contributed by atoms with Crippen molar-refractivity contribution in [2.75, 3.05) is 20.2 Å². The molecule has 0 radical (unpaired) electrons. The highest BCUT2D eigenvalue weighted by atomic mass is 16.3. The minimum Gasteiger partial charge on any atom is -0.396 e. The molecule has 0 atom stereocenters. The highest BCUT2D eigenvalue weighted by Crippen LogP contribution is 1.95. The fraction of sp³-hybridized carbons (Fsp3) is 0.875. The molecule has 0 bridgehead atoms. The molecule has 1 N–H and O–H groups in total. The zero-order chi connectivity index (χ0) is 8.69. The zero-order valence-electron chi connectivity index (χ0n) is 7.34. The van der Waals surface area contributed by atoms with Gasteiger partial charge in [-0.3, -0.25) is 4.79 Å². The van der Waals surface area contributed by atoms with Crippen LogP contribution in [0.1, 0.15) is 26.2 Å². The van der Waals surface area contributed by atoms with Gasteiger partial charge in [-0.1, -0.05) is 6.92 Å². The SMILES string of the molecule is CCCC(=O)N(C)CCCO. The average molecular weight is 159 g/mol. The predicted molar refractivity (Wildman–Crippen MR) is 44.2 cm³/mol. The molecule has 11 heavy (non-hydrogen) atoms. The Hall–Kier alpha value is -0.570. The van der Waals surface area contributed by atoms with Gasteiger partial charge in [0.1, 0.15) is 0 Å². The lowest BCUT2D eigenvalue weighted by Gasteiger charge is -2.15. The van der Waals surface area contributed by atoms with Gasteiger partial charge in [-0.25, -0.2) is 0 Å². The number of hydrogen-bond acceptors (Lipinski definition) is 2. The van der Waals surface area contributed by atoms with Gasteiger partial charge in [-0.15, -0.1) is 0 Å². The first-order valence-corrected chi connectivity index (χ1v) is 4.07. The molecule has 3 heteroatoms. The normalized spacial score (nSPS) is 9.73. The maximum atomic E-state index is 11.1. The highest BCUT2D eigenvalue weighted by molar-refractivity contribution is 5.75. The second-order valence-electron chi connectivity index (χ2n) is 2.64. The van der Waals surface area contributed by atoms with Crippen LogP contribution in [-0.2, 0) is 4.79 Å². The lowest BCUT2D eigenvalue weighted by molar-refractivity contribution is -0.130. The molecule has 0 aromatic rings. The van der Waals surface area contributed by atoms with Crippen LogP contribution in [-0.4, -0.2) is 36.1 Å². The standard InChI is InChI=1S/C8H17NO2/c1-3-5-8(11)9(2)6-4-7-10/h10H,3-7H2,1-2H3. The first-order valence-electron chi connectivity index (χ1n) is 4.07. The first kappa shape index (κ1) is 10.4. The summed E-state index contributed by atoms with van der Waals surface area (Å²) in [6, 6.07) is 0. The fourth-order valence-electron chi connectivity index (χ4n) is 0.837. The Bertz CT molecular complexity index is 115. The van der Waals surface area contributed by atoms with Gasteiger partial charge in [0.2, 0.25) is 5.91 Å². The Morgan fingerprint density at radius 1 is 1.55 bits per heavy atom. The second kappa shape index (κ2) is 6.16. The zero-order valence-corrected chi connectivity index (χ0v) is 7.34. The molecule has 0 fully saturated rings. The maximum absolute atomic E-state index is 11.1. The number of hydrogen-bond donors (Lipinski definition) is 1. The Morgan fingerprint density at radius 3 is 2.64 bits per heavy atom. The summed E-state index contributed by atoms with van der Waals surface area (Å²) in [5.41, 5.74) is 0. The van der Waals surface area contributed by atoms with Crippen molar-refractivity contribution in [2.45, 2.75) is 26.2 Å². The molecule has 0 aromatic heterocycles. The molecule has 3 nitrogen and oxygen atoms in total. The molecule has 0 aliphatic carbocycles. The first-order chi connectivity index (χ1) is 5.22. The average Bonchev–Trinajstić information content (AvgIpc) is 2.00. The summed E-state index contributed by atoms with van der Waals surface area (Å²) in [4.78, 5) is 12.8. The fourth-order valence-corrected chi connectivity index (χ4v) is 0.837. The molecule has 1 amide bonds. The largest absolute Gasteiger partial charge is 0.396 e. The lowest BCUT2D eigenvalue weighted by atomic mass is 10.3. The van der Waals surface area contributed by atoms with Crippen molar-refractivity contribution >= 4 is 5.91 Å². The third kappa shape index (κ3) is 4.79. The van der Waals surface area contributed by atoms with E-state index in [2.05, 4.69) is 0 Å². The number of carbonyl (C=O) groups is 1. The van der Waals surface area contributed by atoms with Crippen LogP contribution in [0.4, 0.5) is 0 Å². The van der Waals surface area contributed by atoms with Crippen LogP contribution < -0.4 is 0 Å². The molecular formula is C8H17NO2. The maximum Gasteiger partial charge on any atom is 0.222 e. The van der Waals surface area contributed by atoms with Crippen molar-refractivity contribution < 1.29 is 9.90 Å². The number of nitrogens with zero attached hydrogens (tertiary/aromatic N) is 1. The van der Waals surface area contributed by atoms with E-state index in [1.165, 1.54) is 0 Å². The van der Waals surface area contributed by atoms with Crippen LogP contribution in [0.2, 0.25) is 0 Å². The van der Waals surface area contributed by atoms with Crippen molar-refractivity contribution in [3.63, 3.8) is 0 Å². The van der Waals surface area contributed by atoms with Crippen LogP contribution in [0.3, 0.4) is 0 Å². The number of carbonyl (C=O) groups excluding carboxylic acids is 1. The topological polar surface area (TPSA) is 40.5 Å². The minimum absolute atomic E-state index is 0.156. The molecule has 0 aliphatic heterocycles. The van der Waals surface area contributed by atoms with E-state index in [4.69, 9.17) is 5.11 Å². The van der Waals surface area contributed by atoms with E-state index in [9.17, 15) is 4.79 Å². The van der Waals surface area contributed by atoms with Crippen molar-refractivity contribution in [1.29, 1.82) is 0 Å². The Labute approximate surface area is 68.0 Å². The van der Waals surface area contributed by atoms with Gasteiger partial charge in [-0.05, 0) is 12.8 Å². The lowest BCUT2D eigenvalue weighted by Crippen LogP contribution is -2.27. The third-order valence-corrected chi connectivity index (χ3v) is 1.54. The van der Waals surface area contributed by atoms with Crippen molar-refractivity contribution in [3.8, 4) is 0 Å². The van der Waals surface area contributed by atoms with Gasteiger partial charge in [0.05, 0.1) is 0 Å². The van der Waals surface area contributed by atoms with Gasteiger partial charge < -0.3 is 10.0 Å².